The smallest absolute Gasteiger partial charge is 0.176 e. The standard InChI is InChI=1S/C4H8N2O2/c7-5-8-6-3-1-2-4-6/h1-4H2. The minimum Gasteiger partial charge on any atom is -0.260 e. The molecule has 46 valence electrons. The molecule has 1 aliphatic heterocycles. The van der Waals surface area contributed by atoms with Crippen molar-refractivity contribution < 1.29 is 4.94 Å². The van der Waals surface area contributed by atoms with E-state index in [9.17, 15) is 4.91 Å². The van der Waals surface area contributed by atoms with Crippen molar-refractivity contribution in [1.82, 2.24) is 5.06 Å². The van der Waals surface area contributed by atoms with E-state index in [0.717, 1.165) is 25.9 Å². The van der Waals surface area contributed by atoms with Gasteiger partial charge >= 0.3 is 0 Å². The molecular weight excluding hydrogens is 108 g/mol. The molecule has 0 atom stereocenters. The van der Waals surface area contributed by atoms with Gasteiger partial charge in [-0.3, -0.25) is 4.94 Å². The van der Waals surface area contributed by atoms with Gasteiger partial charge in [0.25, 0.3) is 0 Å². The Morgan fingerprint density at radius 1 is 1.38 bits per heavy atom. The van der Waals surface area contributed by atoms with E-state index in [1.54, 1.807) is 5.06 Å². The Bertz CT molecular complexity index is 80.1. The molecule has 1 heterocycles. The van der Waals surface area contributed by atoms with Crippen molar-refractivity contribution in [2.24, 2.45) is 5.34 Å². The van der Waals surface area contributed by atoms with Gasteiger partial charge in [0, 0.05) is 13.1 Å². The Hall–Kier alpha value is -0.640. The summed E-state index contributed by atoms with van der Waals surface area (Å²) in [5, 5.41) is 3.86. The van der Waals surface area contributed by atoms with E-state index in [2.05, 4.69) is 10.3 Å². The maximum atomic E-state index is 9.45. The Balaban J connectivity index is 2.14. The van der Waals surface area contributed by atoms with E-state index in [4.69, 9.17) is 0 Å². The van der Waals surface area contributed by atoms with Crippen molar-refractivity contribution in [3.05, 3.63) is 4.91 Å². The topological polar surface area (TPSA) is 41.9 Å². The van der Waals surface area contributed by atoms with Crippen LogP contribution in [0.15, 0.2) is 5.34 Å². The number of hydrogen-bond donors (Lipinski definition) is 0. The van der Waals surface area contributed by atoms with Crippen molar-refractivity contribution >= 4 is 0 Å². The van der Waals surface area contributed by atoms with E-state index in [-0.39, 0.29) is 0 Å². The van der Waals surface area contributed by atoms with Gasteiger partial charge in [-0.25, -0.2) is 0 Å². The van der Waals surface area contributed by atoms with Crippen LogP contribution in [0.1, 0.15) is 12.8 Å². The van der Waals surface area contributed by atoms with E-state index in [1.165, 1.54) is 0 Å². The third kappa shape index (κ3) is 1.16. The first-order chi connectivity index (χ1) is 3.93. The van der Waals surface area contributed by atoms with Gasteiger partial charge in [0.2, 0.25) is 0 Å². The molecule has 1 saturated heterocycles. The third-order valence-electron chi connectivity index (χ3n) is 1.21. The van der Waals surface area contributed by atoms with Crippen LogP contribution in [0.2, 0.25) is 0 Å². The molecule has 0 N–H and O–H groups in total. The molecule has 0 aromatic heterocycles. The van der Waals surface area contributed by atoms with Crippen molar-refractivity contribution in [3.63, 3.8) is 0 Å². The van der Waals surface area contributed by atoms with Crippen LogP contribution in [0.25, 0.3) is 0 Å². The third-order valence-corrected chi connectivity index (χ3v) is 1.21. The second-order valence-corrected chi connectivity index (χ2v) is 1.79. The SMILES string of the molecule is O=NON1CCCC1. The van der Waals surface area contributed by atoms with E-state index in [0.29, 0.717) is 0 Å². The summed E-state index contributed by atoms with van der Waals surface area (Å²) in [7, 11) is 0. The summed E-state index contributed by atoms with van der Waals surface area (Å²) in [5.74, 6) is 0. The van der Waals surface area contributed by atoms with E-state index in [1.807, 2.05) is 0 Å². The molecule has 0 bridgehead atoms. The molecule has 4 nitrogen and oxygen atoms in total. The van der Waals surface area contributed by atoms with Crippen LogP contribution in [-0.4, -0.2) is 18.2 Å². The van der Waals surface area contributed by atoms with E-state index >= 15 is 0 Å². The lowest BCUT2D eigenvalue weighted by Crippen LogP contribution is -2.15. The fourth-order valence-electron chi connectivity index (χ4n) is 0.817. The summed E-state index contributed by atoms with van der Waals surface area (Å²) in [6.45, 7) is 1.68. The van der Waals surface area contributed by atoms with Gasteiger partial charge in [-0.15, -0.1) is 9.97 Å². The minimum absolute atomic E-state index is 0.839. The maximum absolute atomic E-state index is 9.45. The highest BCUT2D eigenvalue weighted by atomic mass is 16.9. The van der Waals surface area contributed by atoms with Gasteiger partial charge in [-0.2, -0.15) is 0 Å². The van der Waals surface area contributed by atoms with Crippen LogP contribution in [0.4, 0.5) is 0 Å². The molecule has 0 unspecified atom stereocenters. The fraction of sp³-hybridized carbons (Fsp3) is 1.00. The monoisotopic (exact) mass is 116 g/mol. The van der Waals surface area contributed by atoms with Crippen LogP contribution in [-0.2, 0) is 4.94 Å². The molecule has 0 amide bonds. The van der Waals surface area contributed by atoms with Gasteiger partial charge in [-0.1, -0.05) is 0 Å². The normalized spacial score (nSPS) is 21.0. The molecule has 0 saturated carbocycles. The molecular formula is C4H8N2O2. The highest BCUT2D eigenvalue weighted by Crippen LogP contribution is 2.06. The zero-order valence-corrected chi connectivity index (χ0v) is 4.54. The summed E-state index contributed by atoms with van der Waals surface area (Å²) >= 11 is 0. The molecule has 4 heteroatoms. The summed E-state index contributed by atoms with van der Waals surface area (Å²) in [6.07, 6.45) is 2.21. The highest BCUT2D eigenvalue weighted by Gasteiger charge is 2.11. The van der Waals surface area contributed by atoms with Gasteiger partial charge in [0.1, 0.15) is 0 Å². The van der Waals surface area contributed by atoms with Crippen LogP contribution >= 0.6 is 0 Å². The predicted molar refractivity (Wildman–Crippen MR) is 27.7 cm³/mol. The molecule has 0 spiro atoms. The van der Waals surface area contributed by atoms with Gasteiger partial charge < -0.3 is 0 Å². The molecule has 1 rings (SSSR count). The van der Waals surface area contributed by atoms with E-state index < -0.39 is 0 Å². The number of hydrogen-bond acceptors (Lipinski definition) is 4. The number of hydroxylamine groups is 2. The van der Waals surface area contributed by atoms with Gasteiger partial charge in [-0.05, 0) is 12.8 Å². The lowest BCUT2D eigenvalue weighted by atomic mass is 10.4. The summed E-state index contributed by atoms with van der Waals surface area (Å²) in [4.78, 5) is 13.8. The second-order valence-electron chi connectivity index (χ2n) is 1.79. The summed E-state index contributed by atoms with van der Waals surface area (Å²) in [5.41, 5.74) is 0. The van der Waals surface area contributed by atoms with Crippen LogP contribution < -0.4 is 0 Å². The first kappa shape index (κ1) is 5.50. The Kier molecular flexibility index (Phi) is 1.80. The molecule has 0 aromatic rings. The molecule has 0 aliphatic carbocycles. The summed E-state index contributed by atoms with van der Waals surface area (Å²) < 4.78 is 0. The maximum Gasteiger partial charge on any atom is 0.176 e. The van der Waals surface area contributed by atoms with Crippen molar-refractivity contribution in [3.8, 4) is 0 Å². The Labute approximate surface area is 47.3 Å². The van der Waals surface area contributed by atoms with Crippen LogP contribution in [0, 0.1) is 4.91 Å². The Morgan fingerprint density at radius 2 is 2.00 bits per heavy atom. The quantitative estimate of drug-likeness (QED) is 0.394. The fourth-order valence-corrected chi connectivity index (χ4v) is 0.817. The lowest BCUT2D eigenvalue weighted by Gasteiger charge is -2.04. The summed E-state index contributed by atoms with van der Waals surface area (Å²) in [6, 6.07) is 0. The average Bonchev–Trinajstić information content (AvgIpc) is 2.19. The molecule has 1 aliphatic rings. The highest BCUT2D eigenvalue weighted by molar-refractivity contribution is 4.55. The molecule has 0 radical (unpaired) electrons. The minimum atomic E-state index is 0.839. The van der Waals surface area contributed by atoms with Crippen molar-refractivity contribution in [1.29, 1.82) is 0 Å². The molecule has 8 heavy (non-hydrogen) atoms. The molecule has 1 fully saturated rings. The zero-order valence-electron chi connectivity index (χ0n) is 4.54. The first-order valence-electron chi connectivity index (χ1n) is 2.68. The average molecular weight is 116 g/mol. The zero-order chi connectivity index (χ0) is 5.82. The van der Waals surface area contributed by atoms with Gasteiger partial charge in [0.15, 0.2) is 5.34 Å². The van der Waals surface area contributed by atoms with Crippen molar-refractivity contribution in [2.45, 2.75) is 12.8 Å². The predicted octanol–water partition coefficient (Wildman–Crippen LogP) is 0.695. The van der Waals surface area contributed by atoms with Crippen LogP contribution in [0.5, 0.6) is 0 Å². The first-order valence-corrected chi connectivity index (χ1v) is 2.68. The van der Waals surface area contributed by atoms with Crippen molar-refractivity contribution in [2.75, 3.05) is 13.1 Å². The Morgan fingerprint density at radius 3 is 2.50 bits per heavy atom. The van der Waals surface area contributed by atoms with Gasteiger partial charge in [0.05, 0.1) is 0 Å². The lowest BCUT2D eigenvalue weighted by molar-refractivity contribution is -0.144. The van der Waals surface area contributed by atoms with Crippen LogP contribution in [0.3, 0.4) is 0 Å². The number of nitrogens with zero attached hydrogens (tertiary/aromatic N) is 2. The second kappa shape index (κ2) is 2.61. The number of rotatable bonds is 2. The largest absolute Gasteiger partial charge is 0.260 e. The molecule has 0 aromatic carbocycles.